The Labute approximate surface area is 199 Å². The average molecular weight is 475 g/mol. The highest BCUT2D eigenvalue weighted by atomic mass is 32.2. The lowest BCUT2D eigenvalue weighted by Crippen LogP contribution is -2.25. The summed E-state index contributed by atoms with van der Waals surface area (Å²) in [7, 11) is -3.72. The first-order valence-corrected chi connectivity index (χ1v) is 12.4. The third-order valence-corrected chi connectivity index (χ3v) is 6.96. The molecule has 0 saturated heterocycles. The summed E-state index contributed by atoms with van der Waals surface area (Å²) < 4.78 is 29.9. The van der Waals surface area contributed by atoms with E-state index in [1.54, 1.807) is 54.2 Å². The van der Waals surface area contributed by atoms with Crippen LogP contribution < -0.4 is 10.0 Å². The van der Waals surface area contributed by atoms with Crippen molar-refractivity contribution in [1.82, 2.24) is 15.1 Å². The number of rotatable bonds is 8. The lowest BCUT2D eigenvalue weighted by atomic mass is 10.1. The van der Waals surface area contributed by atoms with Gasteiger partial charge in [0.05, 0.1) is 10.6 Å². The molecule has 1 heterocycles. The lowest BCUT2D eigenvalue weighted by molar-refractivity contribution is 0.0954. The second-order valence-electron chi connectivity index (χ2n) is 8.07. The maximum atomic E-state index is 12.8. The van der Waals surface area contributed by atoms with Gasteiger partial charge in [-0.15, -0.1) is 0 Å². The molecule has 34 heavy (non-hydrogen) atoms. The van der Waals surface area contributed by atoms with E-state index in [2.05, 4.69) is 15.1 Å². The number of amides is 1. The quantitative estimate of drug-likeness (QED) is 0.399. The third kappa shape index (κ3) is 5.52. The van der Waals surface area contributed by atoms with E-state index in [-0.39, 0.29) is 10.8 Å². The Kier molecular flexibility index (Phi) is 6.79. The molecular formula is C26H26N4O3S. The van der Waals surface area contributed by atoms with E-state index in [1.807, 2.05) is 49.5 Å². The minimum Gasteiger partial charge on any atom is -0.352 e. The Bertz CT molecular complexity index is 1380. The minimum absolute atomic E-state index is 0.211. The van der Waals surface area contributed by atoms with Crippen molar-refractivity contribution in [3.8, 4) is 5.69 Å². The van der Waals surface area contributed by atoms with Gasteiger partial charge in [-0.1, -0.05) is 24.3 Å². The Morgan fingerprint density at radius 3 is 2.38 bits per heavy atom. The van der Waals surface area contributed by atoms with E-state index < -0.39 is 10.0 Å². The van der Waals surface area contributed by atoms with Gasteiger partial charge >= 0.3 is 0 Å². The summed E-state index contributed by atoms with van der Waals surface area (Å²) in [6, 6.07) is 21.6. The molecule has 0 unspecified atom stereocenters. The number of carbonyl (C=O) groups excluding carboxylic acids is 1. The van der Waals surface area contributed by atoms with Crippen molar-refractivity contribution >= 4 is 21.6 Å². The van der Waals surface area contributed by atoms with E-state index >= 15 is 0 Å². The number of aromatic nitrogens is 2. The van der Waals surface area contributed by atoms with E-state index in [1.165, 1.54) is 0 Å². The number of hydrogen-bond acceptors (Lipinski definition) is 4. The van der Waals surface area contributed by atoms with Gasteiger partial charge in [-0.05, 0) is 85.5 Å². The van der Waals surface area contributed by atoms with Gasteiger partial charge < -0.3 is 5.32 Å². The highest BCUT2D eigenvalue weighted by molar-refractivity contribution is 7.92. The van der Waals surface area contributed by atoms with E-state index in [0.717, 1.165) is 16.8 Å². The fourth-order valence-corrected chi connectivity index (χ4v) is 4.95. The number of aryl methyl sites for hydroxylation is 2. The predicted molar refractivity (Wildman–Crippen MR) is 133 cm³/mol. The standard InChI is InChI=1S/C26H26N4O3S/c1-19-4-5-20(2)25(18-19)34(32,33)29-23-10-8-22(9-11-23)26(31)27-16-14-21-6-12-24(13-7-21)30-17-3-15-28-30/h3-13,15,17-18,29H,14,16H2,1-2H3,(H,27,31). The van der Waals surface area contributed by atoms with Gasteiger partial charge in [-0.25, -0.2) is 13.1 Å². The largest absolute Gasteiger partial charge is 0.352 e. The molecule has 1 amide bonds. The van der Waals surface area contributed by atoms with Crippen molar-refractivity contribution in [2.24, 2.45) is 0 Å². The Hall–Kier alpha value is -3.91. The molecule has 0 aliphatic carbocycles. The van der Waals surface area contributed by atoms with Gasteiger partial charge in [0.2, 0.25) is 0 Å². The monoisotopic (exact) mass is 474 g/mol. The molecule has 0 saturated carbocycles. The summed E-state index contributed by atoms with van der Waals surface area (Å²) in [6.07, 6.45) is 4.31. The zero-order valence-electron chi connectivity index (χ0n) is 19.0. The summed E-state index contributed by atoms with van der Waals surface area (Å²) in [5.41, 5.74) is 4.48. The summed E-state index contributed by atoms with van der Waals surface area (Å²) in [4.78, 5) is 12.7. The second kappa shape index (κ2) is 9.93. The van der Waals surface area contributed by atoms with Crippen molar-refractivity contribution in [2.45, 2.75) is 25.2 Å². The van der Waals surface area contributed by atoms with Crippen molar-refractivity contribution < 1.29 is 13.2 Å². The molecule has 8 heteroatoms. The molecule has 3 aromatic carbocycles. The first-order chi connectivity index (χ1) is 16.3. The SMILES string of the molecule is Cc1ccc(C)c(S(=O)(=O)Nc2ccc(C(=O)NCCc3ccc(-n4cccn4)cc3)cc2)c1. The van der Waals surface area contributed by atoms with Crippen LogP contribution >= 0.6 is 0 Å². The number of anilines is 1. The smallest absolute Gasteiger partial charge is 0.262 e. The van der Waals surface area contributed by atoms with E-state index in [9.17, 15) is 13.2 Å². The lowest BCUT2D eigenvalue weighted by Gasteiger charge is -2.12. The van der Waals surface area contributed by atoms with Crippen molar-refractivity contribution in [1.29, 1.82) is 0 Å². The first-order valence-electron chi connectivity index (χ1n) is 10.9. The normalized spacial score (nSPS) is 11.2. The fourth-order valence-electron chi connectivity index (χ4n) is 3.56. The van der Waals surface area contributed by atoms with E-state index in [0.29, 0.717) is 29.8 Å². The van der Waals surface area contributed by atoms with Gasteiger partial charge in [0.1, 0.15) is 0 Å². The van der Waals surface area contributed by atoms with Crippen LogP contribution in [0.3, 0.4) is 0 Å². The zero-order chi connectivity index (χ0) is 24.1. The molecule has 0 atom stereocenters. The van der Waals surface area contributed by atoms with Gasteiger partial charge in [0.25, 0.3) is 15.9 Å². The first kappa shape index (κ1) is 23.3. The fraction of sp³-hybridized carbons (Fsp3) is 0.154. The number of benzene rings is 3. The molecule has 0 spiro atoms. The molecule has 174 valence electrons. The molecule has 2 N–H and O–H groups in total. The summed E-state index contributed by atoms with van der Waals surface area (Å²) in [5.74, 6) is -0.211. The van der Waals surface area contributed by atoms with Gasteiger partial charge in [-0.3, -0.25) is 9.52 Å². The highest BCUT2D eigenvalue weighted by Gasteiger charge is 2.17. The summed E-state index contributed by atoms with van der Waals surface area (Å²) >= 11 is 0. The molecule has 1 aromatic heterocycles. The van der Waals surface area contributed by atoms with Crippen molar-refractivity contribution in [3.63, 3.8) is 0 Å². The van der Waals surface area contributed by atoms with Crippen LogP contribution in [0.1, 0.15) is 27.0 Å². The molecule has 0 radical (unpaired) electrons. The number of hydrogen-bond donors (Lipinski definition) is 2. The van der Waals surface area contributed by atoms with Gasteiger partial charge in [0, 0.05) is 30.2 Å². The molecule has 4 aromatic rings. The average Bonchev–Trinajstić information content (AvgIpc) is 3.36. The van der Waals surface area contributed by atoms with Crippen LogP contribution in [0, 0.1) is 13.8 Å². The number of carbonyl (C=O) groups is 1. The van der Waals surface area contributed by atoms with Crippen LogP contribution in [0.4, 0.5) is 5.69 Å². The Morgan fingerprint density at radius 2 is 1.71 bits per heavy atom. The van der Waals surface area contributed by atoms with Crippen LogP contribution in [-0.2, 0) is 16.4 Å². The highest BCUT2D eigenvalue weighted by Crippen LogP contribution is 2.21. The molecular weight excluding hydrogens is 448 g/mol. The van der Waals surface area contributed by atoms with Crippen molar-refractivity contribution in [2.75, 3.05) is 11.3 Å². The maximum absolute atomic E-state index is 12.8. The molecule has 0 aliphatic heterocycles. The van der Waals surface area contributed by atoms with Crippen LogP contribution in [0.25, 0.3) is 5.69 Å². The zero-order valence-corrected chi connectivity index (χ0v) is 19.8. The molecule has 7 nitrogen and oxygen atoms in total. The van der Waals surface area contributed by atoms with Crippen LogP contribution in [-0.4, -0.2) is 30.7 Å². The molecule has 0 bridgehead atoms. The van der Waals surface area contributed by atoms with Crippen LogP contribution in [0.2, 0.25) is 0 Å². The van der Waals surface area contributed by atoms with Gasteiger partial charge in [0.15, 0.2) is 0 Å². The molecule has 4 rings (SSSR count). The molecule has 0 fully saturated rings. The second-order valence-corrected chi connectivity index (χ2v) is 9.73. The maximum Gasteiger partial charge on any atom is 0.262 e. The summed E-state index contributed by atoms with van der Waals surface area (Å²) in [6.45, 7) is 4.10. The summed E-state index contributed by atoms with van der Waals surface area (Å²) in [5, 5.41) is 7.11. The van der Waals surface area contributed by atoms with Gasteiger partial charge in [-0.2, -0.15) is 5.10 Å². The van der Waals surface area contributed by atoms with Crippen LogP contribution in [0.15, 0.2) is 90.1 Å². The van der Waals surface area contributed by atoms with Crippen LogP contribution in [0.5, 0.6) is 0 Å². The number of nitrogens with zero attached hydrogens (tertiary/aromatic N) is 2. The predicted octanol–water partition coefficient (Wildman–Crippen LogP) is 4.26. The number of sulfonamides is 1. The topological polar surface area (TPSA) is 93.1 Å². The molecule has 0 aliphatic rings. The number of nitrogens with one attached hydrogen (secondary N) is 2. The van der Waals surface area contributed by atoms with Crippen molar-refractivity contribution in [3.05, 3.63) is 107 Å². The minimum atomic E-state index is -3.72. The van der Waals surface area contributed by atoms with E-state index in [4.69, 9.17) is 0 Å². The third-order valence-electron chi connectivity index (χ3n) is 5.44. The Morgan fingerprint density at radius 1 is 0.971 bits per heavy atom. The Balaban J connectivity index is 1.32.